The number of rotatable bonds is 4. The Morgan fingerprint density at radius 1 is 1.64 bits per heavy atom. The van der Waals surface area contributed by atoms with Crippen LogP contribution in [0.1, 0.15) is 25.0 Å². The molecular weight excluding hydrogens is 246 g/mol. The summed E-state index contributed by atoms with van der Waals surface area (Å²) in [6.45, 7) is 0. The van der Waals surface area contributed by atoms with Crippen LogP contribution in [0.25, 0.3) is 0 Å². The molecule has 0 unspecified atom stereocenters. The van der Waals surface area contributed by atoms with Crippen LogP contribution in [0.15, 0.2) is 4.60 Å². The molecule has 1 fully saturated rings. The lowest BCUT2D eigenvalue weighted by atomic mass is 10.1. The summed E-state index contributed by atoms with van der Waals surface area (Å²) in [7, 11) is 1.84. The predicted molar refractivity (Wildman–Crippen MR) is 54.8 cm³/mol. The topological polar surface area (TPSA) is 47.8 Å². The second kappa shape index (κ2) is 3.81. The van der Waals surface area contributed by atoms with E-state index >= 15 is 0 Å². The van der Waals surface area contributed by atoms with Crippen LogP contribution in [0.5, 0.6) is 0 Å². The molecule has 14 heavy (non-hydrogen) atoms. The zero-order valence-electron chi connectivity index (χ0n) is 8.03. The Bertz CT molecular complexity index is 337. The highest BCUT2D eigenvalue weighted by atomic mass is 79.9. The molecule has 1 heterocycles. The molecular formula is C9H12BrN3O. The Kier molecular flexibility index (Phi) is 2.67. The number of carbonyl (C=O) groups excluding carboxylic acids is 1. The highest BCUT2D eigenvalue weighted by Gasteiger charge is 2.29. The molecule has 0 aromatic carbocycles. The van der Waals surface area contributed by atoms with Crippen molar-refractivity contribution in [3.63, 3.8) is 0 Å². The van der Waals surface area contributed by atoms with Gasteiger partial charge >= 0.3 is 0 Å². The third-order valence-corrected chi connectivity index (χ3v) is 3.15. The van der Waals surface area contributed by atoms with Crippen LogP contribution < -0.4 is 0 Å². The number of aryl methyl sites for hydroxylation is 1. The molecule has 5 heteroatoms. The maximum absolute atomic E-state index is 11.5. The fourth-order valence-corrected chi connectivity index (χ4v) is 1.99. The van der Waals surface area contributed by atoms with Gasteiger partial charge in [0, 0.05) is 19.4 Å². The van der Waals surface area contributed by atoms with Gasteiger partial charge in [0.05, 0.1) is 5.69 Å². The molecule has 4 nitrogen and oxygen atoms in total. The number of hydrogen-bond donors (Lipinski definition) is 0. The third-order valence-electron chi connectivity index (χ3n) is 2.54. The van der Waals surface area contributed by atoms with E-state index in [-0.39, 0.29) is 0 Å². The van der Waals surface area contributed by atoms with Crippen LogP contribution >= 0.6 is 15.9 Å². The number of halogens is 1. The van der Waals surface area contributed by atoms with Crippen molar-refractivity contribution in [1.29, 1.82) is 0 Å². The highest BCUT2D eigenvalue weighted by Crippen LogP contribution is 2.31. The van der Waals surface area contributed by atoms with Crippen LogP contribution in [0.2, 0.25) is 0 Å². The van der Waals surface area contributed by atoms with Crippen molar-refractivity contribution in [2.45, 2.75) is 25.7 Å². The van der Waals surface area contributed by atoms with Crippen molar-refractivity contribution in [2.75, 3.05) is 0 Å². The molecule has 1 aromatic rings. The summed E-state index contributed by atoms with van der Waals surface area (Å²) in [6, 6.07) is 0. The number of hydrogen-bond acceptors (Lipinski definition) is 3. The predicted octanol–water partition coefficient (Wildman–Crippen LogP) is 1.49. The first-order chi connectivity index (χ1) is 6.68. The molecule has 0 radical (unpaired) electrons. The molecule has 0 saturated heterocycles. The van der Waals surface area contributed by atoms with E-state index in [1.165, 1.54) is 0 Å². The quantitative estimate of drug-likeness (QED) is 0.822. The second-order valence-electron chi connectivity index (χ2n) is 3.69. The lowest BCUT2D eigenvalue weighted by molar-refractivity contribution is -0.120. The molecule has 0 amide bonds. The van der Waals surface area contributed by atoms with Gasteiger partial charge in [0.2, 0.25) is 0 Å². The van der Waals surface area contributed by atoms with Crippen molar-refractivity contribution in [3.8, 4) is 0 Å². The summed E-state index contributed by atoms with van der Waals surface area (Å²) in [5, 5.41) is 7.74. The van der Waals surface area contributed by atoms with Crippen molar-refractivity contribution in [3.05, 3.63) is 10.3 Å². The monoisotopic (exact) mass is 257 g/mol. The Hall–Kier alpha value is -0.710. The molecule has 1 aliphatic carbocycles. The summed E-state index contributed by atoms with van der Waals surface area (Å²) in [4.78, 5) is 11.5. The summed E-state index contributed by atoms with van der Waals surface area (Å²) in [5.74, 6) is 0.744. The second-order valence-corrected chi connectivity index (χ2v) is 4.44. The largest absolute Gasteiger partial charge is 0.299 e. The molecule has 1 saturated carbocycles. The Labute approximate surface area is 90.8 Å². The van der Waals surface area contributed by atoms with E-state index in [0.29, 0.717) is 18.1 Å². The van der Waals surface area contributed by atoms with E-state index in [9.17, 15) is 4.79 Å². The zero-order valence-corrected chi connectivity index (χ0v) is 9.62. The van der Waals surface area contributed by atoms with Crippen molar-refractivity contribution >= 4 is 21.7 Å². The van der Waals surface area contributed by atoms with E-state index in [0.717, 1.165) is 29.6 Å². The van der Waals surface area contributed by atoms with Gasteiger partial charge in [0.25, 0.3) is 0 Å². The van der Waals surface area contributed by atoms with Gasteiger partial charge in [-0.15, -0.1) is 5.10 Å². The summed E-state index contributed by atoms with van der Waals surface area (Å²) >= 11 is 3.31. The van der Waals surface area contributed by atoms with Gasteiger partial charge < -0.3 is 0 Å². The van der Waals surface area contributed by atoms with E-state index in [1.807, 2.05) is 7.05 Å². The fourth-order valence-electron chi connectivity index (χ4n) is 1.47. The minimum Gasteiger partial charge on any atom is -0.299 e. The van der Waals surface area contributed by atoms with Crippen LogP contribution in [0.3, 0.4) is 0 Å². The van der Waals surface area contributed by atoms with Crippen molar-refractivity contribution < 1.29 is 4.79 Å². The molecule has 76 valence electrons. The highest BCUT2D eigenvalue weighted by molar-refractivity contribution is 9.10. The third kappa shape index (κ3) is 2.03. The zero-order chi connectivity index (χ0) is 10.1. The smallest absolute Gasteiger partial charge is 0.151 e. The van der Waals surface area contributed by atoms with E-state index in [4.69, 9.17) is 0 Å². The number of aromatic nitrogens is 3. The van der Waals surface area contributed by atoms with E-state index in [2.05, 4.69) is 26.2 Å². The number of Topliss-reactive ketones (excluding diaryl/α,β-unsaturated/α-hetero) is 1. The molecule has 1 aromatic heterocycles. The van der Waals surface area contributed by atoms with Gasteiger partial charge in [-0.1, -0.05) is 5.21 Å². The normalized spacial score (nSPS) is 15.9. The fraction of sp³-hybridized carbons (Fsp3) is 0.667. The van der Waals surface area contributed by atoms with Crippen LogP contribution in [0, 0.1) is 5.92 Å². The first-order valence-electron chi connectivity index (χ1n) is 4.75. The maximum atomic E-state index is 11.5. The molecule has 0 N–H and O–H groups in total. The van der Waals surface area contributed by atoms with Gasteiger partial charge in [-0.3, -0.25) is 9.48 Å². The first-order valence-corrected chi connectivity index (χ1v) is 5.54. The van der Waals surface area contributed by atoms with Crippen molar-refractivity contribution in [2.24, 2.45) is 13.0 Å². The first kappa shape index (κ1) is 9.83. The van der Waals surface area contributed by atoms with Crippen molar-refractivity contribution in [1.82, 2.24) is 15.0 Å². The van der Waals surface area contributed by atoms with Crippen LogP contribution in [-0.4, -0.2) is 20.8 Å². The van der Waals surface area contributed by atoms with Crippen LogP contribution in [-0.2, 0) is 18.3 Å². The Morgan fingerprint density at radius 3 is 2.86 bits per heavy atom. The van der Waals surface area contributed by atoms with Gasteiger partial charge in [0.15, 0.2) is 4.60 Å². The molecule has 0 spiro atoms. The van der Waals surface area contributed by atoms with E-state index < -0.39 is 0 Å². The Morgan fingerprint density at radius 2 is 2.36 bits per heavy atom. The summed E-state index contributed by atoms with van der Waals surface area (Å²) in [6.07, 6.45) is 3.52. The Balaban J connectivity index is 1.93. The van der Waals surface area contributed by atoms with Crippen LogP contribution in [0.4, 0.5) is 0 Å². The van der Waals surface area contributed by atoms with E-state index in [1.54, 1.807) is 4.68 Å². The van der Waals surface area contributed by atoms with Gasteiger partial charge in [0.1, 0.15) is 5.78 Å². The average Bonchev–Trinajstić information content (AvgIpc) is 2.93. The molecule has 2 rings (SSSR count). The molecule has 0 aliphatic heterocycles. The summed E-state index contributed by atoms with van der Waals surface area (Å²) in [5.41, 5.74) is 0.999. The lowest BCUT2D eigenvalue weighted by Gasteiger charge is -2.00. The standard InChI is InChI=1S/C9H12BrN3O/c1-13-7(9(10)11-12-13)4-5-8(14)6-2-3-6/h6H,2-5H2,1H3. The number of carbonyl (C=O) groups is 1. The molecule has 0 atom stereocenters. The van der Waals surface area contributed by atoms with Gasteiger partial charge in [-0.05, 0) is 35.2 Å². The summed E-state index contributed by atoms with van der Waals surface area (Å²) < 4.78 is 2.47. The maximum Gasteiger partial charge on any atom is 0.151 e. The minimum atomic E-state index is 0.356. The average molecular weight is 258 g/mol. The van der Waals surface area contributed by atoms with Gasteiger partial charge in [-0.25, -0.2) is 0 Å². The molecule has 1 aliphatic rings. The minimum absolute atomic E-state index is 0.356. The SMILES string of the molecule is Cn1nnc(Br)c1CCC(=O)C1CC1. The number of ketones is 1. The van der Waals surface area contributed by atoms with Gasteiger partial charge in [-0.2, -0.15) is 0 Å². The lowest BCUT2D eigenvalue weighted by Crippen LogP contribution is -2.05. The molecule has 0 bridgehead atoms. The number of nitrogens with zero attached hydrogens (tertiary/aromatic N) is 3.